The van der Waals surface area contributed by atoms with Crippen molar-refractivity contribution in [2.45, 2.75) is 13.0 Å². The third kappa shape index (κ3) is 2.30. The van der Waals surface area contributed by atoms with Crippen molar-refractivity contribution in [1.29, 1.82) is 0 Å². The topological polar surface area (TPSA) is 65.5 Å². The van der Waals surface area contributed by atoms with E-state index in [1.165, 1.54) is 0 Å². The van der Waals surface area contributed by atoms with E-state index in [4.69, 9.17) is 0 Å². The number of rotatable bonds is 2. The summed E-state index contributed by atoms with van der Waals surface area (Å²) in [4.78, 5) is 17.4. The number of anilines is 1. The highest BCUT2D eigenvalue weighted by Gasteiger charge is 2.17. The van der Waals surface area contributed by atoms with E-state index >= 15 is 0 Å². The fraction of sp³-hybridized carbons (Fsp3) is 0.455. The lowest BCUT2D eigenvalue weighted by molar-refractivity contribution is -0.120. The van der Waals surface area contributed by atoms with Gasteiger partial charge in [-0.2, -0.15) is 0 Å². The molecule has 0 radical (unpaired) electrons. The normalized spacial score (nSPS) is 18.1. The van der Waals surface area contributed by atoms with Crippen LogP contribution in [0.1, 0.15) is 18.6 Å². The highest BCUT2D eigenvalue weighted by Crippen LogP contribution is 2.16. The van der Waals surface area contributed by atoms with Crippen molar-refractivity contribution in [3.05, 3.63) is 23.9 Å². The largest absolute Gasteiger partial charge is 0.389 e. The molecular weight excluding hydrogens is 206 g/mol. The third-order valence-electron chi connectivity index (χ3n) is 2.62. The van der Waals surface area contributed by atoms with E-state index in [-0.39, 0.29) is 5.91 Å². The molecule has 1 aromatic rings. The summed E-state index contributed by atoms with van der Waals surface area (Å²) in [6.45, 7) is 3.47. The third-order valence-corrected chi connectivity index (χ3v) is 2.62. The Balaban J connectivity index is 2.11. The van der Waals surface area contributed by atoms with Gasteiger partial charge in [-0.05, 0) is 18.6 Å². The van der Waals surface area contributed by atoms with E-state index in [9.17, 15) is 9.90 Å². The second kappa shape index (κ2) is 4.49. The number of piperazine rings is 1. The standard InChI is InChI=1S/C11H15N3O2/c1-8(15)9-2-3-10(13-6-9)14-5-4-12-11(16)7-14/h2-3,6,8,15H,4-5,7H2,1H3,(H,12,16)/t8-/m0/s1. The molecule has 1 atom stereocenters. The van der Waals surface area contributed by atoms with Gasteiger partial charge in [-0.1, -0.05) is 6.07 Å². The van der Waals surface area contributed by atoms with Crippen LogP contribution >= 0.6 is 0 Å². The van der Waals surface area contributed by atoms with Crippen molar-refractivity contribution in [3.8, 4) is 0 Å². The maximum absolute atomic E-state index is 11.2. The lowest BCUT2D eigenvalue weighted by atomic mass is 10.2. The molecule has 1 aliphatic heterocycles. The number of hydrogen-bond donors (Lipinski definition) is 2. The van der Waals surface area contributed by atoms with Gasteiger partial charge in [0.05, 0.1) is 12.6 Å². The Labute approximate surface area is 94.1 Å². The maximum atomic E-state index is 11.2. The van der Waals surface area contributed by atoms with Crippen molar-refractivity contribution in [3.63, 3.8) is 0 Å². The summed E-state index contributed by atoms with van der Waals surface area (Å²) in [6.07, 6.45) is 1.14. The monoisotopic (exact) mass is 221 g/mol. The van der Waals surface area contributed by atoms with Gasteiger partial charge in [0.2, 0.25) is 5.91 Å². The van der Waals surface area contributed by atoms with Crippen LogP contribution in [0.3, 0.4) is 0 Å². The number of nitrogens with one attached hydrogen (secondary N) is 1. The Morgan fingerprint density at radius 1 is 1.56 bits per heavy atom. The van der Waals surface area contributed by atoms with Crippen molar-refractivity contribution in [2.24, 2.45) is 0 Å². The minimum atomic E-state index is -0.508. The van der Waals surface area contributed by atoms with Crippen LogP contribution in [-0.4, -0.2) is 35.6 Å². The predicted molar refractivity (Wildman–Crippen MR) is 60.1 cm³/mol. The average molecular weight is 221 g/mol. The molecule has 0 bridgehead atoms. The number of aliphatic hydroxyl groups is 1. The second-order valence-corrected chi connectivity index (χ2v) is 3.90. The molecule has 2 N–H and O–H groups in total. The fourth-order valence-electron chi connectivity index (χ4n) is 1.67. The lowest BCUT2D eigenvalue weighted by Crippen LogP contribution is -2.48. The number of hydrogen-bond acceptors (Lipinski definition) is 4. The van der Waals surface area contributed by atoms with Gasteiger partial charge in [-0.15, -0.1) is 0 Å². The van der Waals surface area contributed by atoms with Crippen LogP contribution in [0.15, 0.2) is 18.3 Å². The molecular formula is C11H15N3O2. The Kier molecular flexibility index (Phi) is 3.05. The number of carbonyl (C=O) groups is 1. The van der Waals surface area contributed by atoms with E-state index in [0.717, 1.165) is 17.9 Å². The summed E-state index contributed by atoms with van der Waals surface area (Å²) in [5.74, 6) is 0.798. The van der Waals surface area contributed by atoms with Gasteiger partial charge in [0.15, 0.2) is 0 Å². The van der Waals surface area contributed by atoms with Gasteiger partial charge >= 0.3 is 0 Å². The van der Waals surface area contributed by atoms with Gasteiger partial charge in [-0.3, -0.25) is 4.79 Å². The molecule has 2 rings (SSSR count). The van der Waals surface area contributed by atoms with Crippen LogP contribution in [0.5, 0.6) is 0 Å². The first-order valence-corrected chi connectivity index (χ1v) is 5.32. The molecule has 1 saturated heterocycles. The smallest absolute Gasteiger partial charge is 0.239 e. The zero-order valence-electron chi connectivity index (χ0n) is 9.18. The molecule has 5 heteroatoms. The Morgan fingerprint density at radius 3 is 2.94 bits per heavy atom. The summed E-state index contributed by atoms with van der Waals surface area (Å²) in [6, 6.07) is 3.67. The van der Waals surface area contributed by atoms with Crippen molar-refractivity contribution < 1.29 is 9.90 Å². The molecule has 0 unspecified atom stereocenters. The molecule has 0 aromatic carbocycles. The predicted octanol–water partition coefficient (Wildman–Crippen LogP) is 0.0711. The summed E-state index contributed by atoms with van der Waals surface area (Å²) < 4.78 is 0. The molecule has 0 saturated carbocycles. The first-order chi connectivity index (χ1) is 7.66. The number of nitrogens with zero attached hydrogens (tertiary/aromatic N) is 2. The van der Waals surface area contributed by atoms with Crippen molar-refractivity contribution in [2.75, 3.05) is 24.5 Å². The lowest BCUT2D eigenvalue weighted by Gasteiger charge is -2.27. The van der Waals surface area contributed by atoms with Crippen molar-refractivity contribution >= 4 is 11.7 Å². The Morgan fingerprint density at radius 2 is 2.38 bits per heavy atom. The molecule has 1 aromatic heterocycles. The van der Waals surface area contributed by atoms with Gasteiger partial charge in [0.25, 0.3) is 0 Å². The molecule has 5 nitrogen and oxygen atoms in total. The highest BCUT2D eigenvalue weighted by atomic mass is 16.3. The minimum absolute atomic E-state index is 0.0210. The van der Waals surface area contributed by atoms with Crippen LogP contribution in [0.2, 0.25) is 0 Å². The van der Waals surface area contributed by atoms with Gasteiger partial charge in [0, 0.05) is 19.3 Å². The van der Waals surface area contributed by atoms with Crippen LogP contribution < -0.4 is 10.2 Å². The molecule has 1 amide bonds. The average Bonchev–Trinajstić information content (AvgIpc) is 2.29. The van der Waals surface area contributed by atoms with E-state index < -0.39 is 6.10 Å². The van der Waals surface area contributed by atoms with Gasteiger partial charge in [-0.25, -0.2) is 4.98 Å². The molecule has 0 aliphatic carbocycles. The maximum Gasteiger partial charge on any atom is 0.239 e. The highest BCUT2D eigenvalue weighted by molar-refractivity contribution is 5.82. The van der Waals surface area contributed by atoms with Crippen LogP contribution in [-0.2, 0) is 4.79 Å². The quantitative estimate of drug-likeness (QED) is 0.741. The zero-order chi connectivity index (χ0) is 11.5. The Bertz CT molecular complexity index is 375. The van der Waals surface area contributed by atoms with E-state index in [1.54, 1.807) is 13.1 Å². The minimum Gasteiger partial charge on any atom is -0.389 e. The van der Waals surface area contributed by atoms with Gasteiger partial charge in [0.1, 0.15) is 5.82 Å². The summed E-state index contributed by atoms with van der Waals surface area (Å²) in [5, 5.41) is 12.1. The first-order valence-electron chi connectivity index (χ1n) is 5.32. The number of carbonyl (C=O) groups excluding carboxylic acids is 1. The van der Waals surface area contributed by atoms with Crippen LogP contribution in [0, 0.1) is 0 Å². The summed E-state index contributed by atoms with van der Waals surface area (Å²) in [5.41, 5.74) is 0.783. The van der Waals surface area contributed by atoms with E-state index in [0.29, 0.717) is 13.1 Å². The number of aliphatic hydroxyl groups excluding tert-OH is 1. The van der Waals surface area contributed by atoms with E-state index in [2.05, 4.69) is 10.3 Å². The molecule has 86 valence electrons. The molecule has 1 aliphatic rings. The molecule has 2 heterocycles. The fourth-order valence-corrected chi connectivity index (χ4v) is 1.67. The Hall–Kier alpha value is -1.62. The van der Waals surface area contributed by atoms with Crippen LogP contribution in [0.25, 0.3) is 0 Å². The molecule has 1 fully saturated rings. The second-order valence-electron chi connectivity index (χ2n) is 3.90. The van der Waals surface area contributed by atoms with Crippen molar-refractivity contribution in [1.82, 2.24) is 10.3 Å². The van der Waals surface area contributed by atoms with Crippen LogP contribution in [0.4, 0.5) is 5.82 Å². The first kappa shape index (κ1) is 10.9. The summed E-state index contributed by atoms with van der Waals surface area (Å²) >= 11 is 0. The number of amides is 1. The molecule has 0 spiro atoms. The number of pyridine rings is 1. The zero-order valence-corrected chi connectivity index (χ0v) is 9.18. The molecule has 16 heavy (non-hydrogen) atoms. The van der Waals surface area contributed by atoms with E-state index in [1.807, 2.05) is 17.0 Å². The number of aromatic nitrogens is 1. The van der Waals surface area contributed by atoms with Gasteiger partial charge < -0.3 is 15.3 Å². The summed E-state index contributed by atoms with van der Waals surface area (Å²) in [7, 11) is 0. The SMILES string of the molecule is C[C@H](O)c1ccc(N2CCNC(=O)C2)nc1.